The molecule has 1 heterocycles. The van der Waals surface area contributed by atoms with Crippen LogP contribution in [0.4, 0.5) is 17.5 Å². The van der Waals surface area contributed by atoms with Crippen molar-refractivity contribution in [1.29, 1.82) is 0 Å². The van der Waals surface area contributed by atoms with Gasteiger partial charge in [-0.15, -0.1) is 0 Å². The number of hydrogen-bond donors (Lipinski definition) is 3. The van der Waals surface area contributed by atoms with Crippen LogP contribution in [0.25, 0.3) is 0 Å². The van der Waals surface area contributed by atoms with Crippen LogP contribution in [0.2, 0.25) is 0 Å². The topological polar surface area (TPSA) is 113 Å². The van der Waals surface area contributed by atoms with Gasteiger partial charge in [-0.05, 0) is 32.6 Å². The quantitative estimate of drug-likeness (QED) is 0.532. The van der Waals surface area contributed by atoms with Gasteiger partial charge in [-0.2, -0.15) is 4.98 Å². The molecule has 2 rings (SSSR count). The zero-order chi connectivity index (χ0) is 14.7. The second kappa shape index (κ2) is 6.00. The van der Waals surface area contributed by atoms with E-state index < -0.39 is 4.92 Å². The number of nitrogens with one attached hydrogen (secondary N) is 2. The molecule has 20 heavy (non-hydrogen) atoms. The lowest BCUT2D eigenvalue weighted by Gasteiger charge is -2.31. The molecule has 1 aromatic heterocycles. The molecule has 3 N–H and O–H groups in total. The van der Waals surface area contributed by atoms with Crippen LogP contribution in [0.5, 0.6) is 0 Å². The van der Waals surface area contributed by atoms with Gasteiger partial charge in [0.15, 0.2) is 0 Å². The van der Waals surface area contributed by atoms with E-state index >= 15 is 0 Å². The van der Waals surface area contributed by atoms with Gasteiger partial charge in [0.2, 0.25) is 11.8 Å². The zero-order valence-electron chi connectivity index (χ0n) is 11.6. The fourth-order valence-corrected chi connectivity index (χ4v) is 2.25. The number of rotatable bonds is 6. The van der Waals surface area contributed by atoms with Crippen molar-refractivity contribution in [1.82, 2.24) is 9.97 Å². The van der Waals surface area contributed by atoms with Crippen molar-refractivity contribution in [2.75, 3.05) is 23.7 Å². The Labute approximate surface area is 116 Å². The van der Waals surface area contributed by atoms with Crippen molar-refractivity contribution in [2.24, 2.45) is 5.92 Å². The van der Waals surface area contributed by atoms with Crippen LogP contribution in [0.1, 0.15) is 25.5 Å². The summed E-state index contributed by atoms with van der Waals surface area (Å²) in [5, 5.41) is 26.3. The molecule has 0 bridgehead atoms. The summed E-state index contributed by atoms with van der Waals surface area (Å²) >= 11 is 0. The number of nitrogens with zero attached hydrogens (tertiary/aromatic N) is 3. The van der Waals surface area contributed by atoms with Crippen molar-refractivity contribution in [2.45, 2.75) is 32.8 Å². The van der Waals surface area contributed by atoms with E-state index in [9.17, 15) is 15.2 Å². The second-order valence-electron chi connectivity index (χ2n) is 4.99. The zero-order valence-corrected chi connectivity index (χ0v) is 11.6. The lowest BCUT2D eigenvalue weighted by atomic mass is 9.82. The van der Waals surface area contributed by atoms with Crippen molar-refractivity contribution in [3.8, 4) is 0 Å². The molecule has 1 saturated carbocycles. The van der Waals surface area contributed by atoms with Crippen LogP contribution in [0.3, 0.4) is 0 Å². The summed E-state index contributed by atoms with van der Waals surface area (Å²) in [5.41, 5.74) is 0.239. The summed E-state index contributed by atoms with van der Waals surface area (Å²) in [5.74, 6) is 0.953. The molecule has 0 aromatic carbocycles. The Morgan fingerprint density at radius 1 is 1.40 bits per heavy atom. The number of aryl methyl sites for hydroxylation is 1. The summed E-state index contributed by atoms with van der Waals surface area (Å²) in [4.78, 5) is 18.9. The minimum Gasteiger partial charge on any atom is -0.393 e. The Morgan fingerprint density at radius 3 is 2.65 bits per heavy atom. The minimum absolute atomic E-state index is 0.0912. The van der Waals surface area contributed by atoms with E-state index in [2.05, 4.69) is 20.6 Å². The van der Waals surface area contributed by atoms with Crippen LogP contribution in [-0.2, 0) is 0 Å². The summed E-state index contributed by atoms with van der Waals surface area (Å²) < 4.78 is 0. The van der Waals surface area contributed by atoms with Crippen molar-refractivity contribution < 1.29 is 10.0 Å². The number of aromatic nitrogens is 2. The second-order valence-corrected chi connectivity index (χ2v) is 4.99. The summed E-state index contributed by atoms with van der Waals surface area (Å²) in [7, 11) is 0. The molecule has 0 amide bonds. The van der Waals surface area contributed by atoms with Gasteiger partial charge < -0.3 is 15.7 Å². The van der Waals surface area contributed by atoms with Crippen molar-refractivity contribution in [3.63, 3.8) is 0 Å². The van der Waals surface area contributed by atoms with Crippen LogP contribution in [0.15, 0.2) is 0 Å². The lowest BCUT2D eigenvalue weighted by molar-refractivity contribution is -0.385. The highest BCUT2D eigenvalue weighted by atomic mass is 16.6. The Hall–Kier alpha value is -1.96. The highest BCUT2D eigenvalue weighted by molar-refractivity contribution is 5.60. The molecule has 1 aromatic rings. The van der Waals surface area contributed by atoms with Crippen LogP contribution < -0.4 is 10.6 Å². The predicted molar refractivity (Wildman–Crippen MR) is 74.8 cm³/mol. The van der Waals surface area contributed by atoms with E-state index in [0.717, 1.165) is 12.8 Å². The number of nitro groups is 1. The molecule has 8 heteroatoms. The van der Waals surface area contributed by atoms with E-state index in [0.29, 0.717) is 30.6 Å². The van der Waals surface area contributed by atoms with Gasteiger partial charge in [-0.3, -0.25) is 10.1 Å². The van der Waals surface area contributed by atoms with Crippen LogP contribution in [0, 0.1) is 23.0 Å². The molecule has 0 atom stereocenters. The smallest absolute Gasteiger partial charge is 0.332 e. The Morgan fingerprint density at radius 2 is 2.10 bits per heavy atom. The van der Waals surface area contributed by atoms with Crippen LogP contribution in [-0.4, -0.2) is 39.2 Å². The SMILES string of the molecule is CCNc1nc(C)c([N+](=O)[O-])c(NCC2CC(O)C2)n1. The van der Waals surface area contributed by atoms with E-state index in [1.54, 1.807) is 6.92 Å². The average molecular weight is 281 g/mol. The first kappa shape index (κ1) is 14.4. The van der Waals surface area contributed by atoms with Gasteiger partial charge in [0.1, 0.15) is 5.69 Å². The maximum atomic E-state index is 11.1. The number of anilines is 2. The van der Waals surface area contributed by atoms with Gasteiger partial charge in [0.05, 0.1) is 11.0 Å². The third kappa shape index (κ3) is 3.13. The predicted octanol–water partition coefficient (Wildman–Crippen LogP) is 1.31. The summed E-state index contributed by atoms with van der Waals surface area (Å²) in [6.07, 6.45) is 1.22. The Bertz CT molecular complexity index is 502. The largest absolute Gasteiger partial charge is 0.393 e. The first-order valence-corrected chi connectivity index (χ1v) is 6.70. The van der Waals surface area contributed by atoms with Crippen molar-refractivity contribution >= 4 is 17.5 Å². The maximum Gasteiger partial charge on any atom is 0.332 e. The van der Waals surface area contributed by atoms with E-state index in [-0.39, 0.29) is 17.6 Å². The third-order valence-corrected chi connectivity index (χ3v) is 3.34. The Balaban J connectivity index is 2.16. The first-order valence-electron chi connectivity index (χ1n) is 6.70. The molecule has 0 spiro atoms. The number of aliphatic hydroxyl groups excluding tert-OH is 1. The van der Waals surface area contributed by atoms with Gasteiger partial charge in [0.25, 0.3) is 0 Å². The molecule has 110 valence electrons. The molecule has 0 unspecified atom stereocenters. The fourth-order valence-electron chi connectivity index (χ4n) is 2.25. The number of aliphatic hydroxyl groups is 1. The highest BCUT2D eigenvalue weighted by Gasteiger charge is 2.28. The molecule has 8 nitrogen and oxygen atoms in total. The van der Waals surface area contributed by atoms with Gasteiger partial charge in [-0.25, -0.2) is 4.98 Å². The summed E-state index contributed by atoms with van der Waals surface area (Å²) in [6.45, 7) is 4.72. The Kier molecular flexibility index (Phi) is 4.33. The molecule has 1 aliphatic carbocycles. The number of hydrogen-bond acceptors (Lipinski definition) is 7. The molecule has 0 radical (unpaired) electrons. The molecule has 1 fully saturated rings. The third-order valence-electron chi connectivity index (χ3n) is 3.34. The first-order chi connectivity index (χ1) is 9.51. The highest BCUT2D eigenvalue weighted by Crippen LogP contribution is 2.30. The summed E-state index contributed by atoms with van der Waals surface area (Å²) in [6, 6.07) is 0. The van der Waals surface area contributed by atoms with E-state index in [4.69, 9.17) is 0 Å². The average Bonchev–Trinajstić information content (AvgIpc) is 2.32. The minimum atomic E-state index is -0.469. The standard InChI is InChI=1S/C12H19N5O3/c1-3-13-12-15-7(2)10(17(19)20)11(16-12)14-6-8-4-9(18)5-8/h8-9,18H,3-6H2,1-2H3,(H2,13,14,15,16). The fraction of sp³-hybridized carbons (Fsp3) is 0.667. The molecule has 0 saturated heterocycles. The van der Waals surface area contributed by atoms with E-state index in [1.165, 1.54) is 0 Å². The van der Waals surface area contributed by atoms with E-state index in [1.807, 2.05) is 6.92 Å². The van der Waals surface area contributed by atoms with Crippen molar-refractivity contribution in [3.05, 3.63) is 15.8 Å². The normalized spacial score (nSPS) is 21.1. The van der Waals surface area contributed by atoms with Crippen LogP contribution >= 0.6 is 0 Å². The lowest BCUT2D eigenvalue weighted by Crippen LogP contribution is -2.33. The van der Waals surface area contributed by atoms with Gasteiger partial charge in [0, 0.05) is 13.1 Å². The molecular weight excluding hydrogens is 262 g/mol. The van der Waals surface area contributed by atoms with Gasteiger partial charge in [-0.1, -0.05) is 0 Å². The monoisotopic (exact) mass is 281 g/mol. The molecule has 1 aliphatic rings. The maximum absolute atomic E-state index is 11.1. The molecule has 0 aliphatic heterocycles. The van der Waals surface area contributed by atoms with Gasteiger partial charge >= 0.3 is 5.69 Å². The molecular formula is C12H19N5O3.